The lowest BCUT2D eigenvalue weighted by atomic mass is 10.1. The molecule has 2 aliphatic rings. The molecule has 17 heavy (non-hydrogen) atoms. The highest BCUT2D eigenvalue weighted by Crippen LogP contribution is 2.27. The van der Waals surface area contributed by atoms with Crippen molar-refractivity contribution in [2.24, 2.45) is 0 Å². The Balaban J connectivity index is 1.94. The maximum absolute atomic E-state index is 5.54. The van der Waals surface area contributed by atoms with Crippen molar-refractivity contribution in [1.29, 1.82) is 0 Å². The molecule has 0 aliphatic carbocycles. The Morgan fingerprint density at radius 1 is 1.35 bits per heavy atom. The molecule has 2 heterocycles. The molecule has 1 N–H and O–H groups in total. The number of hydrogen-bond donors (Lipinski definition) is 1. The number of ether oxygens (including phenoxy) is 1. The molecule has 1 aromatic carbocycles. The zero-order valence-electron chi connectivity index (χ0n) is 10.4. The minimum absolute atomic E-state index is 0.531. The molecule has 2 unspecified atom stereocenters. The van der Waals surface area contributed by atoms with Crippen molar-refractivity contribution in [1.82, 2.24) is 5.32 Å². The van der Waals surface area contributed by atoms with Crippen LogP contribution in [-0.4, -0.2) is 31.8 Å². The summed E-state index contributed by atoms with van der Waals surface area (Å²) in [6.07, 6.45) is 1.15. The lowest BCUT2D eigenvalue weighted by Gasteiger charge is -2.31. The highest BCUT2D eigenvalue weighted by molar-refractivity contribution is 5.55. The number of nitrogens with one attached hydrogen (secondary N) is 1. The van der Waals surface area contributed by atoms with Gasteiger partial charge in [0, 0.05) is 31.4 Å². The largest absolute Gasteiger partial charge is 0.379 e. The molecule has 92 valence electrons. The molecule has 0 spiro atoms. The summed E-state index contributed by atoms with van der Waals surface area (Å²) in [6, 6.07) is 9.81. The van der Waals surface area contributed by atoms with Crippen LogP contribution < -0.4 is 10.2 Å². The van der Waals surface area contributed by atoms with Crippen LogP contribution in [0, 0.1) is 0 Å². The smallest absolute Gasteiger partial charge is 0.0670 e. The van der Waals surface area contributed by atoms with Crippen molar-refractivity contribution in [2.75, 3.05) is 24.7 Å². The van der Waals surface area contributed by atoms with E-state index in [4.69, 9.17) is 4.74 Å². The van der Waals surface area contributed by atoms with Crippen molar-refractivity contribution < 1.29 is 4.74 Å². The van der Waals surface area contributed by atoms with E-state index >= 15 is 0 Å². The summed E-state index contributed by atoms with van der Waals surface area (Å²) < 4.78 is 5.54. The predicted molar refractivity (Wildman–Crippen MR) is 69.3 cm³/mol. The normalized spacial score (nSPS) is 28.9. The van der Waals surface area contributed by atoms with E-state index in [1.807, 2.05) is 0 Å². The molecule has 2 aliphatic heterocycles. The third kappa shape index (κ3) is 2.17. The number of anilines is 1. The second kappa shape index (κ2) is 4.67. The van der Waals surface area contributed by atoms with Gasteiger partial charge in [0.1, 0.15) is 0 Å². The van der Waals surface area contributed by atoms with Gasteiger partial charge in [0.05, 0.1) is 12.6 Å². The van der Waals surface area contributed by atoms with E-state index in [0.717, 1.165) is 32.7 Å². The third-order valence-electron chi connectivity index (χ3n) is 3.76. The van der Waals surface area contributed by atoms with Gasteiger partial charge in [-0.05, 0) is 25.0 Å². The average molecular weight is 232 g/mol. The predicted octanol–water partition coefficient (Wildman–Crippen LogP) is 1.77. The highest BCUT2D eigenvalue weighted by Gasteiger charge is 2.27. The monoisotopic (exact) mass is 232 g/mol. The maximum Gasteiger partial charge on any atom is 0.0670 e. The van der Waals surface area contributed by atoms with Crippen LogP contribution in [0.4, 0.5) is 5.69 Å². The molecule has 1 aromatic rings. The fourth-order valence-electron chi connectivity index (χ4n) is 2.80. The SMILES string of the molecule is CC1CN(C2CCOC2)c2ccccc2CN1. The number of benzene rings is 1. The molecule has 2 atom stereocenters. The molecule has 0 saturated carbocycles. The molecule has 1 fully saturated rings. The van der Waals surface area contributed by atoms with Crippen molar-refractivity contribution in [2.45, 2.75) is 32.0 Å². The summed E-state index contributed by atoms with van der Waals surface area (Å²) in [5.74, 6) is 0. The molecule has 3 heteroatoms. The van der Waals surface area contributed by atoms with Gasteiger partial charge in [-0.1, -0.05) is 18.2 Å². The van der Waals surface area contributed by atoms with Crippen LogP contribution in [-0.2, 0) is 11.3 Å². The van der Waals surface area contributed by atoms with Crippen LogP contribution >= 0.6 is 0 Å². The van der Waals surface area contributed by atoms with Crippen LogP contribution in [0.3, 0.4) is 0 Å². The van der Waals surface area contributed by atoms with Gasteiger partial charge in [0.15, 0.2) is 0 Å². The summed E-state index contributed by atoms with van der Waals surface area (Å²) in [6.45, 7) is 6.09. The standard InChI is InChI=1S/C14H20N2O/c1-11-9-16(13-6-7-17-10-13)14-5-3-2-4-12(14)8-15-11/h2-5,11,13,15H,6-10H2,1H3. The van der Waals surface area contributed by atoms with E-state index in [1.165, 1.54) is 11.3 Å². The van der Waals surface area contributed by atoms with E-state index in [-0.39, 0.29) is 0 Å². The van der Waals surface area contributed by atoms with Crippen molar-refractivity contribution in [3.63, 3.8) is 0 Å². The van der Waals surface area contributed by atoms with E-state index in [2.05, 4.69) is 41.4 Å². The highest BCUT2D eigenvalue weighted by atomic mass is 16.5. The number of rotatable bonds is 1. The molecule has 3 rings (SSSR count). The van der Waals surface area contributed by atoms with Crippen molar-refractivity contribution in [3.05, 3.63) is 29.8 Å². The summed E-state index contributed by atoms with van der Waals surface area (Å²) in [7, 11) is 0. The lowest BCUT2D eigenvalue weighted by Crippen LogP contribution is -2.42. The summed E-state index contributed by atoms with van der Waals surface area (Å²) >= 11 is 0. The molecule has 0 amide bonds. The minimum atomic E-state index is 0.531. The van der Waals surface area contributed by atoms with Crippen LogP contribution in [0.15, 0.2) is 24.3 Å². The number of nitrogens with zero attached hydrogens (tertiary/aromatic N) is 1. The fourth-order valence-corrected chi connectivity index (χ4v) is 2.80. The second-order valence-corrected chi connectivity index (χ2v) is 5.08. The van der Waals surface area contributed by atoms with Gasteiger partial charge in [-0.25, -0.2) is 0 Å². The summed E-state index contributed by atoms with van der Waals surface area (Å²) in [5, 5.41) is 3.57. The second-order valence-electron chi connectivity index (χ2n) is 5.08. The first-order valence-electron chi connectivity index (χ1n) is 6.50. The van der Waals surface area contributed by atoms with E-state index < -0.39 is 0 Å². The molecular formula is C14H20N2O. The van der Waals surface area contributed by atoms with Gasteiger partial charge in [-0.3, -0.25) is 0 Å². The van der Waals surface area contributed by atoms with Crippen molar-refractivity contribution >= 4 is 5.69 Å². The first-order chi connectivity index (χ1) is 8.34. The Labute approximate surface area is 103 Å². The number of para-hydroxylation sites is 1. The quantitative estimate of drug-likeness (QED) is 0.798. The van der Waals surface area contributed by atoms with Crippen molar-refractivity contribution in [3.8, 4) is 0 Å². The summed E-state index contributed by atoms with van der Waals surface area (Å²) in [4.78, 5) is 2.53. The van der Waals surface area contributed by atoms with Crippen LogP contribution in [0.5, 0.6) is 0 Å². The zero-order chi connectivity index (χ0) is 11.7. The van der Waals surface area contributed by atoms with E-state index in [0.29, 0.717) is 12.1 Å². The van der Waals surface area contributed by atoms with Crippen LogP contribution in [0.2, 0.25) is 0 Å². The van der Waals surface area contributed by atoms with Gasteiger partial charge in [0.2, 0.25) is 0 Å². The Hall–Kier alpha value is -1.06. The van der Waals surface area contributed by atoms with Gasteiger partial charge in [-0.2, -0.15) is 0 Å². The molecule has 0 radical (unpaired) electrons. The van der Waals surface area contributed by atoms with Gasteiger partial charge in [0.25, 0.3) is 0 Å². The third-order valence-corrected chi connectivity index (χ3v) is 3.76. The molecular weight excluding hydrogens is 212 g/mol. The molecule has 0 bridgehead atoms. The lowest BCUT2D eigenvalue weighted by molar-refractivity contribution is 0.193. The first kappa shape index (κ1) is 11.1. The minimum Gasteiger partial charge on any atom is -0.379 e. The van der Waals surface area contributed by atoms with Gasteiger partial charge in [-0.15, -0.1) is 0 Å². The fraction of sp³-hybridized carbons (Fsp3) is 0.571. The van der Waals surface area contributed by atoms with Crippen LogP contribution in [0.25, 0.3) is 0 Å². The Bertz CT molecular complexity index is 388. The Morgan fingerprint density at radius 2 is 2.24 bits per heavy atom. The molecule has 3 nitrogen and oxygen atoms in total. The van der Waals surface area contributed by atoms with Gasteiger partial charge < -0.3 is 15.0 Å². The van der Waals surface area contributed by atoms with Gasteiger partial charge >= 0.3 is 0 Å². The Morgan fingerprint density at radius 3 is 3.06 bits per heavy atom. The Kier molecular flexibility index (Phi) is 3.04. The van der Waals surface area contributed by atoms with Crippen LogP contribution in [0.1, 0.15) is 18.9 Å². The number of fused-ring (bicyclic) bond motifs is 1. The zero-order valence-corrected chi connectivity index (χ0v) is 10.4. The summed E-state index contributed by atoms with van der Waals surface area (Å²) in [5.41, 5.74) is 2.80. The average Bonchev–Trinajstić information content (AvgIpc) is 2.82. The van der Waals surface area contributed by atoms with E-state index in [1.54, 1.807) is 0 Å². The first-order valence-corrected chi connectivity index (χ1v) is 6.50. The topological polar surface area (TPSA) is 24.5 Å². The maximum atomic E-state index is 5.54. The number of hydrogen-bond acceptors (Lipinski definition) is 3. The van der Waals surface area contributed by atoms with E-state index in [9.17, 15) is 0 Å². The molecule has 1 saturated heterocycles. The molecule has 0 aromatic heterocycles.